The highest BCUT2D eigenvalue weighted by molar-refractivity contribution is 6.75. The average Bonchev–Trinajstić information content (AvgIpc) is 2.51. The molecule has 0 atom stereocenters. The van der Waals surface area contributed by atoms with Crippen LogP contribution in [0.2, 0.25) is 36.3 Å². The summed E-state index contributed by atoms with van der Waals surface area (Å²) in [5, 5.41) is 0.179. The van der Waals surface area contributed by atoms with Crippen molar-refractivity contribution < 1.29 is 18.4 Å². The first-order valence-corrected chi connectivity index (χ1v) is 15.6. The number of ether oxygens (including phenoxy) is 1. The second kappa shape index (κ2) is 8.45. The van der Waals surface area contributed by atoms with Gasteiger partial charge in [-0.3, -0.25) is 0 Å². The molecule has 28 heavy (non-hydrogen) atoms. The van der Waals surface area contributed by atoms with E-state index < -0.39 is 22.6 Å². The van der Waals surface area contributed by atoms with Crippen LogP contribution in [0.1, 0.15) is 47.1 Å². The standard InChI is InChI=1S/C22H38O4Si2/c1-21(2,3)27(8,9)25-18-13-14-19(26-28(10,11)22(4,5)6)17(16-18)12-15-20(23)24-7/h12-16H,1-11H3/b15-12+. The minimum Gasteiger partial charge on any atom is -0.543 e. The maximum absolute atomic E-state index is 11.6. The Morgan fingerprint density at radius 3 is 1.86 bits per heavy atom. The molecule has 0 spiro atoms. The van der Waals surface area contributed by atoms with Crippen LogP contribution in [0, 0.1) is 0 Å². The van der Waals surface area contributed by atoms with Gasteiger partial charge in [0.05, 0.1) is 7.11 Å². The van der Waals surface area contributed by atoms with Crippen LogP contribution in [0.3, 0.4) is 0 Å². The summed E-state index contributed by atoms with van der Waals surface area (Å²) in [7, 11) is -2.61. The van der Waals surface area contributed by atoms with Crippen LogP contribution in [0.15, 0.2) is 24.3 Å². The fourth-order valence-corrected chi connectivity index (χ4v) is 3.98. The fourth-order valence-electron chi connectivity index (χ4n) is 1.91. The van der Waals surface area contributed by atoms with Gasteiger partial charge in [-0.05, 0) is 60.5 Å². The van der Waals surface area contributed by atoms with Gasteiger partial charge in [0, 0.05) is 11.6 Å². The van der Waals surface area contributed by atoms with Crippen molar-refractivity contribution >= 4 is 28.7 Å². The Balaban J connectivity index is 3.34. The molecule has 0 saturated carbocycles. The van der Waals surface area contributed by atoms with Gasteiger partial charge < -0.3 is 13.6 Å². The molecule has 0 unspecified atom stereocenters. The predicted octanol–water partition coefficient (Wildman–Crippen LogP) is 6.64. The molecule has 0 aromatic heterocycles. The first-order valence-electron chi connectivity index (χ1n) is 9.78. The molecule has 0 aliphatic rings. The normalized spacial score (nSPS) is 13.5. The van der Waals surface area contributed by atoms with E-state index in [2.05, 4.69) is 67.7 Å². The number of hydrogen-bond donors (Lipinski definition) is 0. The summed E-state index contributed by atoms with van der Waals surface area (Å²) in [5.41, 5.74) is 0.825. The van der Waals surface area contributed by atoms with Crippen LogP contribution in [0.4, 0.5) is 0 Å². The highest BCUT2D eigenvalue weighted by Gasteiger charge is 2.40. The zero-order valence-corrected chi connectivity index (χ0v) is 21.5. The Labute approximate surface area is 173 Å². The number of methoxy groups -OCH3 is 1. The van der Waals surface area contributed by atoms with Crippen molar-refractivity contribution in [1.82, 2.24) is 0 Å². The quantitative estimate of drug-likeness (QED) is 0.293. The Kier molecular flexibility index (Phi) is 7.40. The third-order valence-electron chi connectivity index (χ3n) is 5.93. The zero-order chi connectivity index (χ0) is 22.0. The van der Waals surface area contributed by atoms with Gasteiger partial charge >= 0.3 is 5.97 Å². The van der Waals surface area contributed by atoms with E-state index >= 15 is 0 Å². The second-order valence-corrected chi connectivity index (χ2v) is 19.7. The molecular weight excluding hydrogens is 384 g/mol. The van der Waals surface area contributed by atoms with Crippen molar-refractivity contribution in [2.45, 2.75) is 77.8 Å². The van der Waals surface area contributed by atoms with E-state index in [-0.39, 0.29) is 10.1 Å². The van der Waals surface area contributed by atoms with Gasteiger partial charge in [0.25, 0.3) is 8.32 Å². The molecule has 1 aromatic carbocycles. The molecular formula is C22H38O4Si2. The molecule has 1 rings (SSSR count). The van der Waals surface area contributed by atoms with E-state index in [1.54, 1.807) is 6.08 Å². The molecule has 0 amide bonds. The SMILES string of the molecule is COC(=O)/C=C/c1cc(O[Si](C)(C)C(C)(C)C)ccc1O[Si](C)(C)C(C)(C)C. The van der Waals surface area contributed by atoms with Crippen LogP contribution < -0.4 is 8.85 Å². The molecule has 158 valence electrons. The van der Waals surface area contributed by atoms with E-state index in [9.17, 15) is 4.79 Å². The maximum atomic E-state index is 11.6. The largest absolute Gasteiger partial charge is 0.543 e. The summed E-state index contributed by atoms with van der Waals surface area (Å²) < 4.78 is 17.7. The molecule has 0 saturated heterocycles. The fraction of sp³-hybridized carbons (Fsp3) is 0.591. The van der Waals surface area contributed by atoms with Crippen molar-refractivity contribution in [2.75, 3.05) is 7.11 Å². The number of benzene rings is 1. The van der Waals surface area contributed by atoms with Crippen LogP contribution >= 0.6 is 0 Å². The van der Waals surface area contributed by atoms with E-state index in [1.807, 2.05) is 18.2 Å². The molecule has 0 bridgehead atoms. The van der Waals surface area contributed by atoms with Gasteiger partial charge in [-0.1, -0.05) is 41.5 Å². The number of hydrogen-bond acceptors (Lipinski definition) is 4. The van der Waals surface area contributed by atoms with Crippen molar-refractivity contribution in [3.63, 3.8) is 0 Å². The molecule has 1 aromatic rings. The molecule has 4 nitrogen and oxygen atoms in total. The molecule has 0 N–H and O–H groups in total. The smallest absolute Gasteiger partial charge is 0.330 e. The monoisotopic (exact) mass is 422 g/mol. The molecule has 6 heteroatoms. The molecule has 0 aliphatic carbocycles. The highest BCUT2D eigenvalue weighted by atomic mass is 28.4. The summed E-state index contributed by atoms with van der Waals surface area (Å²) in [5.74, 6) is 1.18. The lowest BCUT2D eigenvalue weighted by molar-refractivity contribution is -0.134. The predicted molar refractivity (Wildman–Crippen MR) is 123 cm³/mol. The van der Waals surface area contributed by atoms with Crippen LogP contribution in [0.25, 0.3) is 6.08 Å². The van der Waals surface area contributed by atoms with Gasteiger partial charge in [0.1, 0.15) is 11.5 Å². The number of carbonyl (C=O) groups excluding carboxylic acids is 1. The number of rotatable bonds is 6. The molecule has 0 aliphatic heterocycles. The first kappa shape index (κ1) is 24.5. The number of esters is 1. The van der Waals surface area contributed by atoms with Gasteiger partial charge in [-0.15, -0.1) is 0 Å². The summed E-state index contributed by atoms with van der Waals surface area (Å²) >= 11 is 0. The second-order valence-electron chi connectivity index (χ2n) is 10.3. The van der Waals surface area contributed by atoms with Gasteiger partial charge in [0.2, 0.25) is 8.32 Å². The summed E-state index contributed by atoms with van der Waals surface area (Å²) in [6.45, 7) is 22.1. The van der Waals surface area contributed by atoms with Gasteiger partial charge in [-0.25, -0.2) is 4.79 Å². The first-order chi connectivity index (χ1) is 12.5. The lowest BCUT2D eigenvalue weighted by Gasteiger charge is -2.38. The van der Waals surface area contributed by atoms with Crippen molar-refractivity contribution in [3.8, 4) is 11.5 Å². The lowest BCUT2D eigenvalue weighted by Crippen LogP contribution is -2.44. The van der Waals surface area contributed by atoms with E-state index in [4.69, 9.17) is 13.6 Å². The Morgan fingerprint density at radius 1 is 0.893 bits per heavy atom. The van der Waals surface area contributed by atoms with E-state index in [0.29, 0.717) is 0 Å². The van der Waals surface area contributed by atoms with Crippen LogP contribution in [-0.4, -0.2) is 29.7 Å². The number of carbonyl (C=O) groups is 1. The van der Waals surface area contributed by atoms with Crippen molar-refractivity contribution in [2.24, 2.45) is 0 Å². The van der Waals surface area contributed by atoms with Crippen molar-refractivity contribution in [1.29, 1.82) is 0 Å². The Morgan fingerprint density at radius 2 is 1.39 bits per heavy atom. The Hall–Kier alpha value is -1.54. The highest BCUT2D eigenvalue weighted by Crippen LogP contribution is 2.41. The maximum Gasteiger partial charge on any atom is 0.330 e. The topological polar surface area (TPSA) is 44.8 Å². The van der Waals surface area contributed by atoms with Gasteiger partial charge in [0.15, 0.2) is 0 Å². The van der Waals surface area contributed by atoms with Crippen molar-refractivity contribution in [3.05, 3.63) is 29.8 Å². The molecule has 0 radical (unpaired) electrons. The molecule has 0 fully saturated rings. The van der Waals surface area contributed by atoms with Crippen LogP contribution in [-0.2, 0) is 9.53 Å². The third kappa shape index (κ3) is 6.24. The summed E-state index contributed by atoms with van der Waals surface area (Å²) in [4.78, 5) is 11.6. The van der Waals surface area contributed by atoms with Crippen LogP contribution in [0.5, 0.6) is 11.5 Å². The van der Waals surface area contributed by atoms with E-state index in [0.717, 1.165) is 17.1 Å². The van der Waals surface area contributed by atoms with E-state index in [1.165, 1.54) is 13.2 Å². The third-order valence-corrected chi connectivity index (χ3v) is 14.6. The minimum atomic E-state index is -2.02. The average molecular weight is 423 g/mol. The minimum absolute atomic E-state index is 0.0760. The summed E-state index contributed by atoms with van der Waals surface area (Å²) in [6, 6.07) is 5.89. The van der Waals surface area contributed by atoms with Gasteiger partial charge in [-0.2, -0.15) is 0 Å². The zero-order valence-electron chi connectivity index (χ0n) is 19.5. The molecule has 0 heterocycles. The Bertz CT molecular complexity index is 723. The lowest BCUT2D eigenvalue weighted by atomic mass is 10.2. The summed E-state index contributed by atoms with van der Waals surface area (Å²) in [6.07, 6.45) is 3.16.